The molecule has 44 heavy (non-hydrogen) atoms. The molecule has 13 heteroatoms. The molecule has 0 bridgehead atoms. The minimum atomic E-state index is -0.507. The number of rotatable bonds is 10. The average molecular weight is 772 g/mol. The third-order valence-corrected chi connectivity index (χ3v) is 9.27. The SMILES string of the molecule is CC(=O)C(=N)c1cc(-c2cnc(I)nc2)cc(CN(C)C)c1NCC(=N)N1[C@H](C(=O)Nc2nc(Br)ccc2C)C[C@@]2(C)C[C@@H]12. The molecule has 1 saturated carbocycles. The molecule has 1 amide bonds. The van der Waals surface area contributed by atoms with Gasteiger partial charge in [0.05, 0.1) is 6.54 Å². The number of amides is 1. The molecule has 1 aliphatic carbocycles. The maximum Gasteiger partial charge on any atom is 0.248 e. The molecule has 3 aromatic rings. The van der Waals surface area contributed by atoms with Crippen molar-refractivity contribution in [1.82, 2.24) is 24.8 Å². The van der Waals surface area contributed by atoms with Crippen molar-refractivity contribution in [3.05, 3.63) is 61.8 Å². The number of hydrogen-bond donors (Lipinski definition) is 4. The van der Waals surface area contributed by atoms with Gasteiger partial charge in [0.1, 0.15) is 28.0 Å². The maximum atomic E-state index is 13.6. The number of aryl methyl sites for hydroxylation is 1. The lowest BCUT2D eigenvalue weighted by Crippen LogP contribution is -2.47. The number of halogens is 2. The first-order valence-corrected chi connectivity index (χ1v) is 16.1. The van der Waals surface area contributed by atoms with Crippen LogP contribution in [0.3, 0.4) is 0 Å². The molecule has 0 unspecified atom stereocenters. The van der Waals surface area contributed by atoms with Gasteiger partial charge in [-0.25, -0.2) is 15.0 Å². The van der Waals surface area contributed by atoms with Crippen LogP contribution in [0, 0.1) is 27.0 Å². The molecule has 230 valence electrons. The largest absolute Gasteiger partial charge is 0.377 e. The summed E-state index contributed by atoms with van der Waals surface area (Å²) in [5, 5.41) is 24.2. The Kier molecular flexibility index (Phi) is 9.19. The molecule has 1 aliphatic heterocycles. The Morgan fingerprint density at radius 3 is 2.52 bits per heavy atom. The average Bonchev–Trinajstić information content (AvgIpc) is 3.52. The van der Waals surface area contributed by atoms with E-state index in [-0.39, 0.29) is 41.2 Å². The highest BCUT2D eigenvalue weighted by atomic mass is 127. The summed E-state index contributed by atoms with van der Waals surface area (Å²) >= 11 is 5.43. The van der Waals surface area contributed by atoms with E-state index in [1.807, 2.05) is 71.6 Å². The fourth-order valence-corrected chi connectivity index (χ4v) is 6.46. The summed E-state index contributed by atoms with van der Waals surface area (Å²) < 4.78 is 1.26. The molecule has 3 atom stereocenters. The second-order valence-corrected chi connectivity index (χ2v) is 13.8. The van der Waals surface area contributed by atoms with E-state index in [9.17, 15) is 9.59 Å². The van der Waals surface area contributed by atoms with Gasteiger partial charge in [-0.05, 0) is 90.1 Å². The van der Waals surface area contributed by atoms with Crippen molar-refractivity contribution in [3.8, 4) is 11.1 Å². The van der Waals surface area contributed by atoms with Gasteiger partial charge in [0, 0.05) is 71.3 Å². The number of ketones is 1. The van der Waals surface area contributed by atoms with E-state index in [2.05, 4.69) is 48.4 Å². The molecule has 1 saturated heterocycles. The van der Waals surface area contributed by atoms with Gasteiger partial charge in [-0.3, -0.25) is 20.4 Å². The molecule has 3 heterocycles. The van der Waals surface area contributed by atoms with Crippen molar-refractivity contribution in [2.75, 3.05) is 31.3 Å². The predicted octanol–water partition coefficient (Wildman–Crippen LogP) is 5.11. The number of benzene rings is 1. The van der Waals surface area contributed by atoms with Crippen molar-refractivity contribution in [3.63, 3.8) is 0 Å². The molecule has 2 aliphatic rings. The minimum absolute atomic E-state index is 0.0245. The summed E-state index contributed by atoms with van der Waals surface area (Å²) in [5.74, 6) is 0.227. The molecule has 11 nitrogen and oxygen atoms in total. The highest BCUT2D eigenvalue weighted by Crippen LogP contribution is 2.59. The predicted molar refractivity (Wildman–Crippen MR) is 183 cm³/mol. The van der Waals surface area contributed by atoms with E-state index in [0.29, 0.717) is 38.5 Å². The number of Topliss-reactive ketones (excluding diaryl/α,β-unsaturated/α-hetero) is 1. The van der Waals surface area contributed by atoms with E-state index in [1.165, 1.54) is 6.92 Å². The van der Waals surface area contributed by atoms with Crippen LogP contribution in [0.4, 0.5) is 11.5 Å². The summed E-state index contributed by atoms with van der Waals surface area (Å²) in [7, 11) is 3.90. The first kappa shape index (κ1) is 32.1. The molecule has 2 aromatic heterocycles. The van der Waals surface area contributed by atoms with E-state index in [4.69, 9.17) is 10.8 Å². The Balaban J connectivity index is 1.44. The fourth-order valence-electron chi connectivity index (χ4n) is 5.87. The fraction of sp³-hybridized carbons (Fsp3) is 0.387. The molecule has 0 radical (unpaired) electrons. The Labute approximate surface area is 278 Å². The number of aromatic nitrogens is 3. The van der Waals surface area contributed by atoms with Gasteiger partial charge in [0.15, 0.2) is 9.61 Å². The molecule has 4 N–H and O–H groups in total. The molecular formula is C31H35BrIN9O2. The van der Waals surface area contributed by atoms with Crippen LogP contribution in [0.5, 0.6) is 0 Å². The lowest BCUT2D eigenvalue weighted by Gasteiger charge is -2.30. The molecule has 2 fully saturated rings. The number of amidine groups is 1. The molecule has 5 rings (SSSR count). The van der Waals surface area contributed by atoms with Crippen LogP contribution in [0.2, 0.25) is 0 Å². The van der Waals surface area contributed by atoms with Gasteiger partial charge in [0.2, 0.25) is 5.91 Å². The highest BCUT2D eigenvalue weighted by molar-refractivity contribution is 14.1. The van der Waals surface area contributed by atoms with E-state index >= 15 is 0 Å². The monoisotopic (exact) mass is 771 g/mol. The third kappa shape index (κ3) is 6.69. The normalized spacial score (nSPS) is 20.3. The standard InChI is InChI=1S/C31H35BrIN9O2/c1-16-6-7-24(32)39-28(16)40-29(44)22-10-31(3)11-23(31)42(22)25(34)14-36-27-19(15-41(4)5)8-18(9-21(27)26(35)17(2)43)20-12-37-30(33)38-13-20/h6-9,12-13,22-23,34-36H,10-11,14-15H2,1-5H3,(H,39,40,44)/t22-,23+,31-/m0/s1. The van der Waals surface area contributed by atoms with Gasteiger partial charge in [-0.2, -0.15) is 0 Å². The van der Waals surface area contributed by atoms with E-state index in [0.717, 1.165) is 28.7 Å². The second kappa shape index (κ2) is 12.6. The van der Waals surface area contributed by atoms with Crippen LogP contribution in [-0.4, -0.2) is 80.7 Å². The number of pyridine rings is 1. The minimum Gasteiger partial charge on any atom is -0.377 e. The number of carbonyl (C=O) groups is 2. The van der Waals surface area contributed by atoms with Crippen LogP contribution in [-0.2, 0) is 16.1 Å². The Hall–Kier alpha value is -3.30. The topological polar surface area (TPSA) is 151 Å². The van der Waals surface area contributed by atoms with E-state index < -0.39 is 6.04 Å². The van der Waals surface area contributed by atoms with Crippen LogP contribution >= 0.6 is 38.5 Å². The van der Waals surface area contributed by atoms with Crippen LogP contribution in [0.15, 0.2) is 41.3 Å². The lowest BCUT2D eigenvalue weighted by atomic mass is 9.94. The number of anilines is 2. The first-order chi connectivity index (χ1) is 20.8. The van der Waals surface area contributed by atoms with Crippen molar-refractivity contribution in [2.45, 2.75) is 52.2 Å². The Bertz CT molecular complexity index is 1660. The van der Waals surface area contributed by atoms with Gasteiger partial charge >= 0.3 is 0 Å². The maximum absolute atomic E-state index is 13.6. The quantitative estimate of drug-likeness (QED) is 0.0730. The summed E-state index contributed by atoms with van der Waals surface area (Å²) in [6, 6.07) is 7.12. The number of carbonyl (C=O) groups excluding carboxylic acids is 2. The summed E-state index contributed by atoms with van der Waals surface area (Å²) in [5.41, 5.74) is 4.20. The third-order valence-electron chi connectivity index (χ3n) is 8.27. The second-order valence-electron chi connectivity index (χ2n) is 12.1. The highest BCUT2D eigenvalue weighted by Gasteiger charge is 2.63. The first-order valence-electron chi connectivity index (χ1n) is 14.2. The Morgan fingerprint density at radius 2 is 1.86 bits per heavy atom. The number of piperidine rings is 1. The molecule has 1 aromatic carbocycles. The van der Waals surface area contributed by atoms with Crippen molar-refractivity contribution in [2.24, 2.45) is 5.41 Å². The molecular weight excluding hydrogens is 737 g/mol. The zero-order valence-corrected chi connectivity index (χ0v) is 29.0. The van der Waals surface area contributed by atoms with Gasteiger partial charge in [-0.1, -0.05) is 13.0 Å². The summed E-state index contributed by atoms with van der Waals surface area (Å²) in [6.45, 7) is 6.08. The molecule has 0 spiro atoms. The lowest BCUT2D eigenvalue weighted by molar-refractivity contribution is -0.119. The smallest absolute Gasteiger partial charge is 0.248 e. The summed E-state index contributed by atoms with van der Waals surface area (Å²) in [6.07, 6.45) is 5.03. The van der Waals surface area contributed by atoms with Crippen molar-refractivity contribution >= 4 is 73.3 Å². The zero-order valence-electron chi connectivity index (χ0n) is 25.3. The van der Waals surface area contributed by atoms with Gasteiger partial charge in [-0.15, -0.1) is 0 Å². The van der Waals surface area contributed by atoms with Crippen molar-refractivity contribution < 1.29 is 9.59 Å². The number of nitrogens with zero attached hydrogens (tertiary/aromatic N) is 5. The van der Waals surface area contributed by atoms with Crippen molar-refractivity contribution in [1.29, 1.82) is 10.8 Å². The number of nitrogens with one attached hydrogen (secondary N) is 4. The van der Waals surface area contributed by atoms with E-state index in [1.54, 1.807) is 18.5 Å². The van der Waals surface area contributed by atoms with Crippen LogP contribution in [0.1, 0.15) is 43.4 Å². The number of likely N-dealkylation sites (tertiary alicyclic amines) is 1. The van der Waals surface area contributed by atoms with Gasteiger partial charge < -0.3 is 20.4 Å². The number of fused-ring (bicyclic) bond motifs is 1. The van der Waals surface area contributed by atoms with Crippen LogP contribution < -0.4 is 10.6 Å². The van der Waals surface area contributed by atoms with Crippen LogP contribution in [0.25, 0.3) is 11.1 Å². The van der Waals surface area contributed by atoms with Gasteiger partial charge in [0.25, 0.3) is 0 Å². The Morgan fingerprint density at radius 1 is 1.16 bits per heavy atom. The zero-order chi connectivity index (χ0) is 31.9. The summed E-state index contributed by atoms with van der Waals surface area (Å²) in [4.78, 5) is 43.0. The number of hydrogen-bond acceptors (Lipinski definition) is 9.